The van der Waals surface area contributed by atoms with E-state index in [0.29, 0.717) is 6.61 Å². The van der Waals surface area contributed by atoms with Crippen molar-refractivity contribution in [2.24, 2.45) is 5.73 Å². The second-order valence-electron chi connectivity index (χ2n) is 3.96. The third-order valence-corrected chi connectivity index (χ3v) is 3.33. The summed E-state index contributed by atoms with van der Waals surface area (Å²) < 4.78 is 5.79. The van der Waals surface area contributed by atoms with Crippen LogP contribution in [0.2, 0.25) is 0 Å². The molecule has 1 aromatic heterocycles. The quantitative estimate of drug-likeness (QED) is 0.904. The Hall–Kier alpha value is -1.39. The number of nitrogens with zero attached hydrogens (tertiary/aromatic N) is 1. The van der Waals surface area contributed by atoms with Gasteiger partial charge in [-0.25, -0.2) is 4.98 Å². The fourth-order valence-electron chi connectivity index (χ4n) is 1.61. The molecular weight excluding hydrogens is 232 g/mol. The molecule has 3 nitrogen and oxygen atoms in total. The van der Waals surface area contributed by atoms with Gasteiger partial charge in [-0.15, -0.1) is 11.3 Å². The molecule has 17 heavy (non-hydrogen) atoms. The number of nitrogens with two attached hydrogens (primary N) is 1. The minimum absolute atomic E-state index is 0.0191. The third-order valence-electron chi connectivity index (χ3n) is 2.45. The molecule has 0 aliphatic carbocycles. The molecular formula is C13H16N2OS. The molecule has 0 aliphatic rings. The van der Waals surface area contributed by atoms with E-state index in [1.807, 2.05) is 44.3 Å². The molecule has 4 heteroatoms. The van der Waals surface area contributed by atoms with Crippen molar-refractivity contribution in [3.05, 3.63) is 45.9 Å². The van der Waals surface area contributed by atoms with Crippen LogP contribution in [0.4, 0.5) is 0 Å². The Morgan fingerprint density at radius 2 is 2.18 bits per heavy atom. The molecule has 1 aromatic carbocycles. The van der Waals surface area contributed by atoms with Gasteiger partial charge >= 0.3 is 0 Å². The Morgan fingerprint density at radius 1 is 1.41 bits per heavy atom. The van der Waals surface area contributed by atoms with Gasteiger partial charge in [-0.3, -0.25) is 0 Å². The molecule has 0 saturated heterocycles. The molecule has 0 fully saturated rings. The largest absolute Gasteiger partial charge is 0.488 e. The zero-order valence-electron chi connectivity index (χ0n) is 10.0. The fraction of sp³-hybridized carbons (Fsp3) is 0.308. The van der Waals surface area contributed by atoms with Crippen molar-refractivity contribution >= 4 is 11.3 Å². The average Bonchev–Trinajstić information content (AvgIpc) is 2.73. The number of hydrogen-bond donors (Lipinski definition) is 1. The van der Waals surface area contributed by atoms with Gasteiger partial charge in [-0.2, -0.15) is 0 Å². The average molecular weight is 248 g/mol. The summed E-state index contributed by atoms with van der Waals surface area (Å²) in [5.41, 5.74) is 6.93. The number of benzene rings is 1. The number of para-hydroxylation sites is 1. The van der Waals surface area contributed by atoms with Gasteiger partial charge in [0.05, 0.1) is 9.88 Å². The first kappa shape index (κ1) is 12.1. The van der Waals surface area contributed by atoms with Crippen LogP contribution in [-0.4, -0.2) is 4.98 Å². The van der Waals surface area contributed by atoms with Crippen LogP contribution in [0.25, 0.3) is 0 Å². The zero-order chi connectivity index (χ0) is 12.3. The second-order valence-corrected chi connectivity index (χ2v) is 5.28. The highest BCUT2D eigenvalue weighted by molar-refractivity contribution is 7.11. The molecule has 0 unspecified atom stereocenters. The lowest BCUT2D eigenvalue weighted by atomic mass is 10.1. The molecule has 0 amide bonds. The van der Waals surface area contributed by atoms with Gasteiger partial charge in [0, 0.05) is 17.8 Å². The number of ether oxygens (including phenoxy) is 1. The zero-order valence-corrected chi connectivity index (χ0v) is 10.8. The van der Waals surface area contributed by atoms with Crippen molar-refractivity contribution in [1.29, 1.82) is 0 Å². The highest BCUT2D eigenvalue weighted by atomic mass is 32.1. The Morgan fingerprint density at radius 3 is 2.82 bits per heavy atom. The van der Waals surface area contributed by atoms with Crippen molar-refractivity contribution < 1.29 is 4.74 Å². The van der Waals surface area contributed by atoms with E-state index >= 15 is 0 Å². The minimum Gasteiger partial charge on any atom is -0.488 e. The first-order chi connectivity index (χ1) is 8.16. The molecule has 1 atom stereocenters. The summed E-state index contributed by atoms with van der Waals surface area (Å²) in [4.78, 5) is 5.33. The van der Waals surface area contributed by atoms with Gasteiger partial charge in [0.1, 0.15) is 12.4 Å². The van der Waals surface area contributed by atoms with E-state index in [-0.39, 0.29) is 6.04 Å². The summed E-state index contributed by atoms with van der Waals surface area (Å²) in [5, 5.41) is 1.06. The predicted molar refractivity (Wildman–Crippen MR) is 70.2 cm³/mol. The van der Waals surface area contributed by atoms with Gasteiger partial charge in [0.15, 0.2) is 0 Å². The molecule has 2 rings (SSSR count). The molecule has 0 bridgehead atoms. The SMILES string of the molecule is Cc1ncc(COc2ccccc2[C@@H](C)N)s1. The van der Waals surface area contributed by atoms with E-state index in [2.05, 4.69) is 4.98 Å². The molecule has 2 aromatic rings. The molecule has 0 spiro atoms. The van der Waals surface area contributed by atoms with Crippen LogP contribution >= 0.6 is 11.3 Å². The van der Waals surface area contributed by atoms with Crippen molar-refractivity contribution in [1.82, 2.24) is 4.98 Å². The first-order valence-electron chi connectivity index (χ1n) is 5.55. The van der Waals surface area contributed by atoms with Crippen molar-refractivity contribution in [2.45, 2.75) is 26.5 Å². The summed E-state index contributed by atoms with van der Waals surface area (Å²) in [6.07, 6.45) is 1.86. The minimum atomic E-state index is -0.0191. The summed E-state index contributed by atoms with van der Waals surface area (Å²) >= 11 is 1.65. The Labute approximate surface area is 105 Å². The fourth-order valence-corrected chi connectivity index (χ4v) is 2.32. The third kappa shape index (κ3) is 3.05. The van der Waals surface area contributed by atoms with E-state index < -0.39 is 0 Å². The Bertz CT molecular complexity index is 494. The van der Waals surface area contributed by atoms with E-state index in [0.717, 1.165) is 21.2 Å². The number of aromatic nitrogens is 1. The second kappa shape index (κ2) is 5.29. The van der Waals surface area contributed by atoms with Gasteiger partial charge in [0.25, 0.3) is 0 Å². The number of hydrogen-bond acceptors (Lipinski definition) is 4. The topological polar surface area (TPSA) is 48.1 Å². The molecule has 90 valence electrons. The summed E-state index contributed by atoms with van der Waals surface area (Å²) in [5.74, 6) is 0.855. The van der Waals surface area contributed by atoms with Crippen molar-refractivity contribution in [2.75, 3.05) is 0 Å². The maximum absolute atomic E-state index is 5.90. The lowest BCUT2D eigenvalue weighted by Gasteiger charge is -2.12. The Balaban J connectivity index is 2.08. The maximum atomic E-state index is 5.90. The van der Waals surface area contributed by atoms with Gasteiger partial charge in [-0.1, -0.05) is 18.2 Å². The highest BCUT2D eigenvalue weighted by Gasteiger charge is 2.07. The van der Waals surface area contributed by atoms with E-state index in [9.17, 15) is 0 Å². The van der Waals surface area contributed by atoms with E-state index in [1.165, 1.54) is 0 Å². The van der Waals surface area contributed by atoms with E-state index in [4.69, 9.17) is 10.5 Å². The molecule has 2 N–H and O–H groups in total. The molecule has 0 saturated carbocycles. The molecule has 1 heterocycles. The highest BCUT2D eigenvalue weighted by Crippen LogP contribution is 2.24. The van der Waals surface area contributed by atoms with Crippen LogP contribution in [-0.2, 0) is 6.61 Å². The van der Waals surface area contributed by atoms with Crippen molar-refractivity contribution in [3.8, 4) is 5.75 Å². The lowest BCUT2D eigenvalue weighted by molar-refractivity contribution is 0.305. The van der Waals surface area contributed by atoms with E-state index in [1.54, 1.807) is 11.3 Å². The summed E-state index contributed by atoms with van der Waals surface area (Å²) in [6.45, 7) is 4.50. The van der Waals surface area contributed by atoms with Gasteiger partial charge in [0.2, 0.25) is 0 Å². The van der Waals surface area contributed by atoms with Crippen LogP contribution in [0.1, 0.15) is 28.4 Å². The van der Waals surface area contributed by atoms with Crippen LogP contribution in [0.15, 0.2) is 30.5 Å². The van der Waals surface area contributed by atoms with Crippen molar-refractivity contribution in [3.63, 3.8) is 0 Å². The van der Waals surface area contributed by atoms with Crippen LogP contribution in [0.3, 0.4) is 0 Å². The number of aryl methyl sites for hydroxylation is 1. The summed E-state index contributed by atoms with van der Waals surface area (Å²) in [6, 6.07) is 7.86. The number of rotatable bonds is 4. The number of thiazole rings is 1. The lowest BCUT2D eigenvalue weighted by Crippen LogP contribution is -2.07. The smallest absolute Gasteiger partial charge is 0.124 e. The maximum Gasteiger partial charge on any atom is 0.124 e. The first-order valence-corrected chi connectivity index (χ1v) is 6.37. The summed E-state index contributed by atoms with van der Waals surface area (Å²) in [7, 11) is 0. The predicted octanol–water partition coefficient (Wildman–Crippen LogP) is 3.05. The van der Waals surface area contributed by atoms with Crippen LogP contribution in [0.5, 0.6) is 5.75 Å². The Kier molecular flexibility index (Phi) is 3.76. The standard InChI is InChI=1S/C13H16N2OS/c1-9(14)12-5-3-4-6-13(12)16-8-11-7-15-10(2)17-11/h3-7,9H,8,14H2,1-2H3/t9-/m1/s1. The van der Waals surface area contributed by atoms with Gasteiger partial charge < -0.3 is 10.5 Å². The monoisotopic (exact) mass is 248 g/mol. The molecule has 0 aliphatic heterocycles. The normalized spacial score (nSPS) is 12.4. The van der Waals surface area contributed by atoms with Crippen LogP contribution in [0, 0.1) is 6.92 Å². The van der Waals surface area contributed by atoms with Gasteiger partial charge in [-0.05, 0) is 19.9 Å². The molecule has 0 radical (unpaired) electrons. The van der Waals surface area contributed by atoms with Crippen LogP contribution < -0.4 is 10.5 Å².